The van der Waals surface area contributed by atoms with E-state index in [0.717, 1.165) is 0 Å². The van der Waals surface area contributed by atoms with Gasteiger partial charge < -0.3 is 9.05 Å². The summed E-state index contributed by atoms with van der Waals surface area (Å²) in [4.78, 5) is 0. The third-order valence-corrected chi connectivity index (χ3v) is 4.39. The fourth-order valence-electron chi connectivity index (χ4n) is 1.11. The van der Waals surface area contributed by atoms with E-state index in [1.807, 2.05) is 0 Å². The van der Waals surface area contributed by atoms with E-state index in [1.165, 1.54) is 12.1 Å². The van der Waals surface area contributed by atoms with Crippen molar-refractivity contribution in [1.29, 1.82) is 0 Å². The van der Waals surface area contributed by atoms with Crippen LogP contribution in [0, 0.1) is 0 Å². The normalized spacial score (nSPS) is 13.5. The lowest BCUT2D eigenvalue weighted by atomic mass is 10.4. The largest absolute Gasteiger partial charge is 0.361 e. The van der Waals surface area contributed by atoms with Gasteiger partial charge in [0.1, 0.15) is 13.2 Å². The number of hydrogen-bond donors (Lipinski definition) is 0. The van der Waals surface area contributed by atoms with E-state index in [2.05, 4.69) is 0 Å². The fraction of sp³-hybridized carbons (Fsp3) is 0.400. The van der Waals surface area contributed by atoms with Gasteiger partial charge in [-0.15, -0.1) is 0 Å². The van der Waals surface area contributed by atoms with Gasteiger partial charge in [0.15, 0.2) is 0 Å². The molecular weight excluding hydrogens is 412 g/mol. The predicted molar refractivity (Wildman–Crippen MR) is 86.2 cm³/mol. The SMILES string of the molecule is O=P(OCC(Cl)(Cl)Cl)(OCC(Cl)(Cl)Cl)c1ccccc1. The third-order valence-electron chi connectivity index (χ3n) is 1.87. The summed E-state index contributed by atoms with van der Waals surface area (Å²) in [6.07, 6.45) is 0. The van der Waals surface area contributed by atoms with Crippen LogP contribution >= 0.6 is 77.2 Å². The molecule has 0 aliphatic rings. The highest BCUT2D eigenvalue weighted by Crippen LogP contribution is 2.50. The molecule has 3 nitrogen and oxygen atoms in total. The van der Waals surface area contributed by atoms with Crippen LogP contribution in [0.3, 0.4) is 0 Å². The molecule has 0 saturated heterocycles. The highest BCUT2D eigenvalue weighted by molar-refractivity contribution is 7.62. The Hall–Kier alpha value is 1.11. The first-order valence-corrected chi connectivity index (χ1v) is 8.91. The highest BCUT2D eigenvalue weighted by atomic mass is 35.6. The molecular formula is C10H9Cl6O3P. The zero-order valence-electron chi connectivity index (χ0n) is 9.74. The summed E-state index contributed by atoms with van der Waals surface area (Å²) in [5.41, 5.74) is 0. The first-order valence-electron chi connectivity index (χ1n) is 5.10. The molecule has 0 bridgehead atoms. The van der Waals surface area contributed by atoms with E-state index >= 15 is 0 Å². The van der Waals surface area contributed by atoms with Crippen LogP contribution in [0.5, 0.6) is 0 Å². The molecule has 1 rings (SSSR count). The molecule has 0 aromatic heterocycles. The first-order chi connectivity index (χ1) is 9.02. The topological polar surface area (TPSA) is 35.5 Å². The molecule has 0 fully saturated rings. The van der Waals surface area contributed by atoms with Gasteiger partial charge in [-0.2, -0.15) is 0 Å². The van der Waals surface area contributed by atoms with Crippen LogP contribution < -0.4 is 5.30 Å². The molecule has 20 heavy (non-hydrogen) atoms. The van der Waals surface area contributed by atoms with Crippen molar-refractivity contribution in [2.75, 3.05) is 13.2 Å². The number of rotatable bonds is 5. The lowest BCUT2D eigenvalue weighted by Gasteiger charge is -2.22. The van der Waals surface area contributed by atoms with Crippen molar-refractivity contribution in [1.82, 2.24) is 0 Å². The van der Waals surface area contributed by atoms with Gasteiger partial charge in [-0.25, -0.2) is 0 Å². The summed E-state index contributed by atoms with van der Waals surface area (Å²) in [6.45, 7) is -0.882. The molecule has 0 N–H and O–H groups in total. The van der Waals surface area contributed by atoms with Crippen molar-refractivity contribution in [2.24, 2.45) is 0 Å². The summed E-state index contributed by atoms with van der Waals surface area (Å²) in [6, 6.07) is 8.12. The van der Waals surface area contributed by atoms with E-state index in [-0.39, 0.29) is 5.30 Å². The minimum atomic E-state index is -3.77. The van der Waals surface area contributed by atoms with Gasteiger partial charge in [-0.05, 0) is 12.1 Å². The maximum absolute atomic E-state index is 12.7. The summed E-state index contributed by atoms with van der Waals surface area (Å²) < 4.78 is 19.5. The third kappa shape index (κ3) is 7.40. The van der Waals surface area contributed by atoms with Crippen molar-refractivity contribution in [3.05, 3.63) is 30.3 Å². The van der Waals surface area contributed by atoms with E-state index < -0.39 is 28.4 Å². The molecule has 0 saturated carbocycles. The van der Waals surface area contributed by atoms with Gasteiger partial charge in [0.05, 0.1) is 5.30 Å². The lowest BCUT2D eigenvalue weighted by Crippen LogP contribution is -2.20. The Morgan fingerprint density at radius 3 is 1.60 bits per heavy atom. The van der Waals surface area contributed by atoms with Crippen molar-refractivity contribution in [2.45, 2.75) is 7.59 Å². The quantitative estimate of drug-likeness (QED) is 0.480. The Morgan fingerprint density at radius 2 is 1.25 bits per heavy atom. The predicted octanol–water partition coefficient (Wildman–Crippen LogP) is 5.28. The second-order valence-electron chi connectivity index (χ2n) is 3.61. The van der Waals surface area contributed by atoms with Crippen LogP contribution in [-0.2, 0) is 13.6 Å². The molecule has 0 aliphatic heterocycles. The molecule has 0 heterocycles. The van der Waals surface area contributed by atoms with Crippen LogP contribution in [0.1, 0.15) is 0 Å². The molecule has 0 atom stereocenters. The molecule has 10 heteroatoms. The molecule has 0 spiro atoms. The number of alkyl halides is 6. The van der Waals surface area contributed by atoms with Crippen molar-refractivity contribution in [3.63, 3.8) is 0 Å². The Kier molecular flexibility index (Phi) is 7.27. The summed E-state index contributed by atoms with van der Waals surface area (Å²) in [5, 5.41) is 0.267. The van der Waals surface area contributed by atoms with Crippen LogP contribution in [-0.4, -0.2) is 20.8 Å². The number of benzene rings is 1. The zero-order chi connectivity index (χ0) is 15.4. The van der Waals surface area contributed by atoms with Gasteiger partial charge in [0, 0.05) is 0 Å². The summed E-state index contributed by atoms with van der Waals surface area (Å²) in [7, 11) is -3.77. The van der Waals surface area contributed by atoms with Crippen LogP contribution in [0.2, 0.25) is 0 Å². The van der Waals surface area contributed by atoms with Gasteiger partial charge in [-0.3, -0.25) is 4.57 Å². The highest BCUT2D eigenvalue weighted by Gasteiger charge is 2.35. The molecule has 0 amide bonds. The average molecular weight is 421 g/mol. The smallest absolute Gasteiger partial charge is 0.301 e. The molecule has 0 unspecified atom stereocenters. The summed E-state index contributed by atoms with van der Waals surface area (Å²) in [5.74, 6) is 0. The second-order valence-corrected chi connectivity index (χ2v) is 10.7. The van der Waals surface area contributed by atoms with E-state index in [1.54, 1.807) is 18.2 Å². The average Bonchev–Trinajstić information content (AvgIpc) is 2.33. The van der Waals surface area contributed by atoms with Gasteiger partial charge >= 0.3 is 7.60 Å². The van der Waals surface area contributed by atoms with Crippen LogP contribution in [0.15, 0.2) is 30.3 Å². The number of hydrogen-bond acceptors (Lipinski definition) is 3. The van der Waals surface area contributed by atoms with Crippen LogP contribution in [0.4, 0.5) is 0 Å². The van der Waals surface area contributed by atoms with E-state index in [4.69, 9.17) is 78.7 Å². The van der Waals surface area contributed by atoms with Crippen molar-refractivity contribution in [3.8, 4) is 0 Å². The second kappa shape index (κ2) is 7.59. The molecule has 0 radical (unpaired) electrons. The number of halogens is 6. The molecule has 1 aromatic carbocycles. The standard InChI is InChI=1S/C10H9Cl6O3P/c11-9(12,13)6-18-20(17,19-7-10(14,15)16)8-4-2-1-3-5-8/h1-5H,6-7H2. The summed E-state index contributed by atoms with van der Waals surface area (Å²) >= 11 is 33.4. The molecule has 0 aliphatic carbocycles. The zero-order valence-corrected chi connectivity index (χ0v) is 15.2. The Bertz CT molecular complexity index is 448. The molecule has 114 valence electrons. The van der Waals surface area contributed by atoms with E-state index in [0.29, 0.717) is 0 Å². The first kappa shape index (κ1) is 19.2. The monoisotopic (exact) mass is 418 g/mol. The minimum absolute atomic E-state index is 0.267. The Morgan fingerprint density at radius 1 is 0.850 bits per heavy atom. The Labute approximate surface area is 146 Å². The maximum Gasteiger partial charge on any atom is 0.361 e. The van der Waals surface area contributed by atoms with Crippen LogP contribution in [0.25, 0.3) is 0 Å². The van der Waals surface area contributed by atoms with Crippen molar-refractivity contribution < 1.29 is 13.6 Å². The minimum Gasteiger partial charge on any atom is -0.301 e. The van der Waals surface area contributed by atoms with Crippen molar-refractivity contribution >= 4 is 82.5 Å². The van der Waals surface area contributed by atoms with E-state index in [9.17, 15) is 4.57 Å². The maximum atomic E-state index is 12.7. The van der Waals surface area contributed by atoms with Gasteiger partial charge in [0.2, 0.25) is 7.59 Å². The molecule has 1 aromatic rings. The fourth-order valence-corrected chi connectivity index (χ4v) is 3.53. The van der Waals surface area contributed by atoms with Gasteiger partial charge in [0.25, 0.3) is 0 Å². The Balaban J connectivity index is 2.92. The lowest BCUT2D eigenvalue weighted by molar-refractivity contribution is 0.219. The van der Waals surface area contributed by atoms with Gasteiger partial charge in [-0.1, -0.05) is 87.8 Å².